The van der Waals surface area contributed by atoms with Crippen LogP contribution in [-0.2, 0) is 40.3 Å². The summed E-state index contributed by atoms with van der Waals surface area (Å²) >= 11 is 0.968. The van der Waals surface area contributed by atoms with Crippen LogP contribution in [-0.4, -0.2) is 100 Å². The molecule has 2 aromatic rings. The number of nitrogens with zero attached hydrogens (tertiary/aromatic N) is 4. The van der Waals surface area contributed by atoms with Crippen molar-refractivity contribution in [2.45, 2.75) is 63.3 Å². The lowest BCUT2D eigenvalue weighted by molar-refractivity contribution is -0.218. The lowest BCUT2D eigenvalue weighted by atomic mass is 9.84. The molecule has 2 amide bonds. The first-order chi connectivity index (χ1) is 23.5. The van der Waals surface area contributed by atoms with Crippen LogP contribution in [0.5, 0.6) is 5.75 Å². The maximum atomic E-state index is 13.5. The summed E-state index contributed by atoms with van der Waals surface area (Å²) in [6.07, 6.45) is 2.30. The third-order valence-corrected chi connectivity index (χ3v) is 9.32. The van der Waals surface area contributed by atoms with E-state index in [9.17, 15) is 27.9 Å². The first kappa shape index (κ1) is 36.5. The van der Waals surface area contributed by atoms with Crippen LogP contribution in [0.1, 0.15) is 50.4 Å². The number of hydrogen-bond acceptors (Lipinski definition) is 16. The van der Waals surface area contributed by atoms with Crippen molar-refractivity contribution in [3.8, 4) is 5.75 Å². The molecule has 0 bridgehead atoms. The Hall–Kier alpha value is -4.83. The van der Waals surface area contributed by atoms with Crippen molar-refractivity contribution in [1.29, 1.82) is 0 Å². The van der Waals surface area contributed by atoms with Crippen LogP contribution in [0.4, 0.5) is 5.13 Å². The van der Waals surface area contributed by atoms with Crippen molar-refractivity contribution in [1.82, 2.24) is 26.0 Å². The highest BCUT2D eigenvalue weighted by Gasteiger charge is 2.58. The number of carbonyl (C=O) groups is 3. The van der Waals surface area contributed by atoms with Gasteiger partial charge in [-0.15, -0.1) is 15.6 Å². The molecule has 21 heteroatoms. The molecule has 270 valence electrons. The van der Waals surface area contributed by atoms with E-state index >= 15 is 0 Å². The molecular weight excluding hydrogens is 699 g/mol. The molecule has 1 saturated heterocycles. The summed E-state index contributed by atoms with van der Waals surface area (Å²) in [6, 6.07) is 4.21. The van der Waals surface area contributed by atoms with Gasteiger partial charge < -0.3 is 42.1 Å². The average molecular weight is 736 g/mol. The number of aliphatic carboxylic acids is 1. The molecule has 50 heavy (non-hydrogen) atoms. The number of hydroxylamine groups is 2. The minimum absolute atomic E-state index is 0.0621. The number of aromatic nitrogens is 1. The molecular formula is C29H37N9O10S2. The van der Waals surface area contributed by atoms with Gasteiger partial charge in [0.15, 0.2) is 22.9 Å². The number of anilines is 1. The summed E-state index contributed by atoms with van der Waals surface area (Å²) in [7, 11) is -5.03. The van der Waals surface area contributed by atoms with E-state index in [0.29, 0.717) is 42.8 Å². The Kier molecular flexibility index (Phi) is 10.3. The fourth-order valence-electron chi connectivity index (χ4n) is 5.37. The second kappa shape index (κ2) is 14.2. The van der Waals surface area contributed by atoms with Crippen LogP contribution in [0.25, 0.3) is 5.57 Å². The number of hydrogen-bond donors (Lipinski definition) is 7. The lowest BCUT2D eigenvalue weighted by Crippen LogP contribution is -2.76. The van der Waals surface area contributed by atoms with Crippen molar-refractivity contribution < 1.29 is 46.3 Å². The summed E-state index contributed by atoms with van der Waals surface area (Å²) < 4.78 is 41.8. The van der Waals surface area contributed by atoms with Gasteiger partial charge >= 0.3 is 16.4 Å². The number of aliphatic imine (C=N–C) groups is 1. The van der Waals surface area contributed by atoms with Crippen LogP contribution in [0.15, 0.2) is 39.9 Å². The van der Waals surface area contributed by atoms with E-state index in [1.807, 2.05) is 18.3 Å². The number of nitrogen functional groups attached to an aromatic ring is 1. The zero-order valence-corrected chi connectivity index (χ0v) is 28.8. The number of benzene rings is 1. The van der Waals surface area contributed by atoms with Gasteiger partial charge in [-0.05, 0) is 75.4 Å². The van der Waals surface area contributed by atoms with E-state index < -0.39 is 57.2 Å². The maximum Gasteiger partial charge on any atom is 0.418 e. The monoisotopic (exact) mass is 735 g/mol. The minimum Gasteiger partial charge on any atom is -0.485 e. The number of aryl methyl sites for hydroxylation is 1. The maximum absolute atomic E-state index is 13.5. The second-order valence-electron chi connectivity index (χ2n) is 12.2. The van der Waals surface area contributed by atoms with Gasteiger partial charge in [0.2, 0.25) is 0 Å². The van der Waals surface area contributed by atoms with Gasteiger partial charge in [-0.2, -0.15) is 13.5 Å². The van der Waals surface area contributed by atoms with E-state index in [1.165, 1.54) is 26.2 Å². The Morgan fingerprint density at radius 3 is 2.70 bits per heavy atom. The Balaban J connectivity index is 1.31. The molecule has 19 nitrogen and oxygen atoms in total. The molecule has 3 aliphatic rings. The predicted octanol–water partition coefficient (Wildman–Crippen LogP) is -0.238. The molecule has 4 heterocycles. The highest BCUT2D eigenvalue weighted by molar-refractivity contribution is 7.80. The van der Waals surface area contributed by atoms with E-state index in [1.54, 1.807) is 6.07 Å². The van der Waals surface area contributed by atoms with Crippen molar-refractivity contribution in [3.63, 3.8) is 0 Å². The van der Waals surface area contributed by atoms with Gasteiger partial charge in [-0.3, -0.25) is 14.1 Å². The van der Waals surface area contributed by atoms with Crippen LogP contribution in [0.3, 0.4) is 0 Å². The number of nitrogens with two attached hydrogens (primary N) is 2. The van der Waals surface area contributed by atoms with Gasteiger partial charge in [0.1, 0.15) is 17.5 Å². The van der Waals surface area contributed by atoms with Gasteiger partial charge in [0.05, 0.1) is 12.1 Å². The molecule has 2 unspecified atom stereocenters. The van der Waals surface area contributed by atoms with Crippen molar-refractivity contribution in [2.75, 3.05) is 25.4 Å². The van der Waals surface area contributed by atoms with Crippen LogP contribution in [0.2, 0.25) is 0 Å². The van der Waals surface area contributed by atoms with Gasteiger partial charge in [0, 0.05) is 18.1 Å². The van der Waals surface area contributed by atoms with Crippen molar-refractivity contribution in [3.05, 3.63) is 46.6 Å². The van der Waals surface area contributed by atoms with E-state index in [2.05, 4.69) is 35.4 Å². The summed E-state index contributed by atoms with van der Waals surface area (Å²) in [5.74, 6) is -2.31. The third-order valence-electron chi connectivity index (χ3n) is 8.31. The van der Waals surface area contributed by atoms with Gasteiger partial charge in [-0.1, -0.05) is 11.2 Å². The molecule has 1 aromatic heterocycles. The SMILES string of the molecule is CC(O/N=C(\C(=O)NC1C(=O)N(OS(=O)(=O)O)C1(C)C)c1csc(N)n1)(C(=O)O)[C@H]1CCc2cc(C3=CNC(NCCCN)=NC3)ccc2O1. The van der Waals surface area contributed by atoms with Crippen LogP contribution >= 0.6 is 11.3 Å². The standard InChI is InChI=1S/C29H37N9O10S2/c1-28(2)22(24(40)38(28)48-50(43,44)45)36-23(39)21(18-14-49-26(31)35-18)37-47-29(3,25(41)42)20-8-6-16-11-15(5-7-19(16)46-20)17-12-33-27(34-13-17)32-10-4-9-30/h5,7,11-12,14,20,22H,4,6,8-10,13,30H2,1-3H3,(H2,31,35)(H,36,39)(H,41,42)(H2,32,33,34)(H,43,44,45)/b37-21-/t20-,22?,29?/m1/s1. The number of nitrogens with one attached hydrogen (secondary N) is 3. The number of amides is 2. The van der Waals surface area contributed by atoms with E-state index in [0.717, 1.165) is 34.5 Å². The molecule has 3 atom stereocenters. The number of oxime groups is 1. The van der Waals surface area contributed by atoms with Crippen molar-refractivity contribution >= 4 is 61.9 Å². The molecule has 1 fully saturated rings. The first-order valence-electron chi connectivity index (χ1n) is 15.3. The number of carboxylic acid groups (broad SMARTS) is 1. The number of thiazole rings is 1. The number of carboxylic acids is 1. The van der Waals surface area contributed by atoms with Crippen LogP contribution < -0.4 is 32.2 Å². The highest BCUT2D eigenvalue weighted by atomic mass is 32.3. The minimum atomic E-state index is -5.03. The Labute approximate surface area is 290 Å². The predicted molar refractivity (Wildman–Crippen MR) is 180 cm³/mol. The molecule has 0 radical (unpaired) electrons. The number of rotatable bonds is 13. The van der Waals surface area contributed by atoms with Gasteiger partial charge in [0.25, 0.3) is 17.4 Å². The number of fused-ring (bicyclic) bond motifs is 1. The molecule has 5 rings (SSSR count). The zero-order valence-electron chi connectivity index (χ0n) is 27.2. The molecule has 1 aromatic carbocycles. The quantitative estimate of drug-likeness (QED) is 0.0460. The Morgan fingerprint density at radius 2 is 2.10 bits per heavy atom. The summed E-state index contributed by atoms with van der Waals surface area (Å²) in [6.45, 7) is 5.74. The molecule has 0 saturated carbocycles. The molecule has 3 aliphatic heterocycles. The fourth-order valence-corrected chi connectivity index (χ4v) is 6.38. The third kappa shape index (κ3) is 7.65. The summed E-state index contributed by atoms with van der Waals surface area (Å²) in [4.78, 5) is 52.9. The molecule has 0 spiro atoms. The lowest BCUT2D eigenvalue weighted by Gasteiger charge is -2.50. The van der Waals surface area contributed by atoms with Crippen molar-refractivity contribution in [2.24, 2.45) is 15.9 Å². The molecule has 0 aliphatic carbocycles. The van der Waals surface area contributed by atoms with E-state index in [4.69, 9.17) is 25.6 Å². The Morgan fingerprint density at radius 1 is 1.34 bits per heavy atom. The highest BCUT2D eigenvalue weighted by Crippen LogP contribution is 2.36. The largest absolute Gasteiger partial charge is 0.485 e. The average Bonchev–Trinajstić information content (AvgIpc) is 3.50. The molecule has 9 N–H and O–H groups in total. The fraction of sp³-hybridized carbons (Fsp3) is 0.448. The topological polar surface area (TPSA) is 282 Å². The first-order valence-corrected chi connectivity index (χ1v) is 17.5. The number of ether oxygens (including phenoxy) is 1. The van der Waals surface area contributed by atoms with E-state index in [-0.39, 0.29) is 17.2 Å². The number of carbonyl (C=O) groups excluding carboxylic acids is 2. The summed E-state index contributed by atoms with van der Waals surface area (Å²) in [5.41, 5.74) is 9.89. The van der Waals surface area contributed by atoms with Gasteiger partial charge in [-0.25, -0.2) is 14.8 Å². The van der Waals surface area contributed by atoms with Crippen LogP contribution in [0, 0.1) is 0 Å². The zero-order chi connectivity index (χ0) is 36.4. The number of guanidine groups is 1. The summed E-state index contributed by atoms with van der Waals surface area (Å²) in [5, 5.41) is 24.8. The smallest absolute Gasteiger partial charge is 0.418 e. The second-order valence-corrected chi connectivity index (χ2v) is 14.1. The Bertz CT molecular complexity index is 1880. The normalized spacial score (nSPS) is 21.3. The number of β-lactam (4-membered cyclic amide) rings is 1.